The topological polar surface area (TPSA) is 69.7 Å². The number of hydrogen-bond donors (Lipinski definition) is 1. The lowest BCUT2D eigenvalue weighted by molar-refractivity contribution is -0.138. The number of likely N-dealkylation sites (N-methyl/N-ethyl adjacent to an activating group) is 1. The minimum Gasteiger partial charge on any atom is -0.338 e. The van der Waals surface area contributed by atoms with Crippen LogP contribution in [0.4, 0.5) is 5.69 Å². The van der Waals surface area contributed by atoms with E-state index < -0.39 is 0 Å². The van der Waals surface area contributed by atoms with Crippen LogP contribution in [0.3, 0.4) is 0 Å². The molecule has 1 saturated heterocycles. The minimum atomic E-state index is -0.261. The van der Waals surface area contributed by atoms with Crippen LogP contribution < -0.4 is 5.32 Å². The van der Waals surface area contributed by atoms with Gasteiger partial charge in [0, 0.05) is 36.8 Å². The highest BCUT2D eigenvalue weighted by Crippen LogP contribution is 2.22. The highest BCUT2D eigenvalue weighted by molar-refractivity contribution is 7.12. The molecule has 2 aromatic rings. The summed E-state index contributed by atoms with van der Waals surface area (Å²) in [7, 11) is 1.63. The molecule has 0 bridgehead atoms. The molecule has 6 nitrogen and oxygen atoms in total. The standard InChI is InChI=1S/C20H22ClN3O3S/c1-23(13-18(25)22-16-6-4-15(21)5-7-16)19(26)14-8-10-24(11-9-14)20(27)17-3-2-12-28-17/h2-7,12,14H,8-11,13H2,1H3,(H,22,25). The molecule has 148 valence electrons. The molecule has 1 fully saturated rings. The molecule has 0 spiro atoms. The first-order chi connectivity index (χ1) is 13.4. The van der Waals surface area contributed by atoms with E-state index in [-0.39, 0.29) is 30.2 Å². The molecule has 1 N–H and O–H groups in total. The van der Waals surface area contributed by atoms with Gasteiger partial charge in [-0.2, -0.15) is 0 Å². The van der Waals surface area contributed by atoms with Crippen LogP contribution in [0, 0.1) is 5.92 Å². The van der Waals surface area contributed by atoms with Crippen molar-refractivity contribution < 1.29 is 14.4 Å². The Balaban J connectivity index is 1.47. The first-order valence-corrected chi connectivity index (χ1v) is 10.3. The van der Waals surface area contributed by atoms with Crippen LogP contribution in [0.5, 0.6) is 0 Å². The first-order valence-electron chi connectivity index (χ1n) is 9.07. The Bertz CT molecular complexity index is 831. The monoisotopic (exact) mass is 419 g/mol. The Morgan fingerprint density at radius 2 is 1.86 bits per heavy atom. The van der Waals surface area contributed by atoms with E-state index in [1.807, 2.05) is 17.5 Å². The third kappa shape index (κ3) is 5.11. The van der Waals surface area contributed by atoms with Gasteiger partial charge >= 0.3 is 0 Å². The summed E-state index contributed by atoms with van der Waals surface area (Å²) in [5.74, 6) is -0.463. The SMILES string of the molecule is CN(CC(=O)Nc1ccc(Cl)cc1)C(=O)C1CCN(C(=O)c2cccs2)CC1. The summed E-state index contributed by atoms with van der Waals surface area (Å²) in [5, 5.41) is 5.23. The predicted octanol–water partition coefficient (Wildman–Crippen LogP) is 3.35. The van der Waals surface area contributed by atoms with Crippen LogP contribution in [0.25, 0.3) is 0 Å². The summed E-state index contributed by atoms with van der Waals surface area (Å²) in [6.07, 6.45) is 1.22. The zero-order valence-electron chi connectivity index (χ0n) is 15.6. The van der Waals surface area contributed by atoms with Gasteiger partial charge in [0.05, 0.1) is 11.4 Å². The van der Waals surface area contributed by atoms with Gasteiger partial charge in [0.1, 0.15) is 0 Å². The Hall–Kier alpha value is -2.38. The number of likely N-dealkylation sites (tertiary alicyclic amines) is 1. The van der Waals surface area contributed by atoms with Crippen molar-refractivity contribution in [3.8, 4) is 0 Å². The largest absolute Gasteiger partial charge is 0.338 e. The van der Waals surface area contributed by atoms with E-state index in [4.69, 9.17) is 11.6 Å². The zero-order valence-corrected chi connectivity index (χ0v) is 17.1. The normalized spacial score (nSPS) is 14.6. The van der Waals surface area contributed by atoms with Crippen molar-refractivity contribution in [3.63, 3.8) is 0 Å². The van der Waals surface area contributed by atoms with E-state index in [2.05, 4.69) is 5.32 Å². The van der Waals surface area contributed by atoms with Gasteiger partial charge < -0.3 is 15.1 Å². The molecule has 3 rings (SSSR count). The summed E-state index contributed by atoms with van der Waals surface area (Å²) in [4.78, 5) is 41.2. The highest BCUT2D eigenvalue weighted by Gasteiger charge is 2.30. The Morgan fingerprint density at radius 1 is 1.18 bits per heavy atom. The molecule has 0 aliphatic carbocycles. The number of amides is 3. The van der Waals surface area contributed by atoms with E-state index >= 15 is 0 Å². The van der Waals surface area contributed by atoms with Crippen molar-refractivity contribution in [2.75, 3.05) is 32.0 Å². The number of thiophene rings is 1. The van der Waals surface area contributed by atoms with Gasteiger partial charge in [-0.05, 0) is 48.6 Å². The maximum absolute atomic E-state index is 12.7. The van der Waals surface area contributed by atoms with Crippen LogP contribution in [-0.2, 0) is 9.59 Å². The van der Waals surface area contributed by atoms with Crippen LogP contribution in [0.1, 0.15) is 22.5 Å². The molecule has 3 amide bonds. The number of benzene rings is 1. The molecule has 0 atom stereocenters. The van der Waals surface area contributed by atoms with E-state index in [1.54, 1.807) is 36.2 Å². The summed E-state index contributed by atoms with van der Waals surface area (Å²) in [6.45, 7) is 1.09. The number of piperidine rings is 1. The molecule has 2 heterocycles. The Morgan fingerprint density at radius 3 is 2.46 bits per heavy atom. The van der Waals surface area contributed by atoms with Gasteiger partial charge in [-0.25, -0.2) is 0 Å². The molecule has 1 aromatic carbocycles. The van der Waals surface area contributed by atoms with Gasteiger partial charge in [-0.1, -0.05) is 17.7 Å². The lowest BCUT2D eigenvalue weighted by atomic mass is 9.95. The number of hydrogen-bond acceptors (Lipinski definition) is 4. The molecule has 28 heavy (non-hydrogen) atoms. The molecule has 0 unspecified atom stereocenters. The molecule has 1 aromatic heterocycles. The van der Waals surface area contributed by atoms with Crippen molar-refractivity contribution in [1.29, 1.82) is 0 Å². The predicted molar refractivity (Wildman–Crippen MR) is 111 cm³/mol. The molecule has 0 radical (unpaired) electrons. The van der Waals surface area contributed by atoms with Crippen LogP contribution in [-0.4, -0.2) is 54.2 Å². The number of anilines is 1. The Kier molecular flexibility index (Phi) is 6.70. The van der Waals surface area contributed by atoms with E-state index in [0.717, 1.165) is 4.88 Å². The zero-order chi connectivity index (χ0) is 20.1. The van der Waals surface area contributed by atoms with Crippen LogP contribution in [0.15, 0.2) is 41.8 Å². The number of rotatable bonds is 5. The second-order valence-corrected chi connectivity index (χ2v) is 8.18. The molecular weight excluding hydrogens is 398 g/mol. The molecule has 1 aliphatic heterocycles. The fourth-order valence-corrected chi connectivity index (χ4v) is 4.04. The number of nitrogens with one attached hydrogen (secondary N) is 1. The second kappa shape index (κ2) is 9.21. The summed E-state index contributed by atoms with van der Waals surface area (Å²) < 4.78 is 0. The summed E-state index contributed by atoms with van der Waals surface area (Å²) in [6, 6.07) is 10.5. The van der Waals surface area contributed by atoms with E-state index in [0.29, 0.717) is 36.6 Å². The van der Waals surface area contributed by atoms with Crippen molar-refractivity contribution in [3.05, 3.63) is 51.7 Å². The first kappa shape index (κ1) is 20.4. The molecular formula is C20H22ClN3O3S. The molecule has 1 aliphatic rings. The van der Waals surface area contributed by atoms with Crippen molar-refractivity contribution in [2.24, 2.45) is 5.92 Å². The third-order valence-electron chi connectivity index (χ3n) is 4.75. The average Bonchev–Trinajstić information content (AvgIpc) is 3.23. The van der Waals surface area contributed by atoms with Gasteiger partial charge in [0.2, 0.25) is 11.8 Å². The van der Waals surface area contributed by atoms with Crippen LogP contribution >= 0.6 is 22.9 Å². The van der Waals surface area contributed by atoms with Gasteiger partial charge in [0.25, 0.3) is 5.91 Å². The highest BCUT2D eigenvalue weighted by atomic mass is 35.5. The average molecular weight is 420 g/mol. The molecule has 0 saturated carbocycles. The number of carbonyl (C=O) groups is 3. The number of carbonyl (C=O) groups excluding carboxylic acids is 3. The fraction of sp³-hybridized carbons (Fsp3) is 0.350. The third-order valence-corrected chi connectivity index (χ3v) is 5.86. The van der Waals surface area contributed by atoms with Crippen molar-refractivity contribution in [1.82, 2.24) is 9.80 Å². The summed E-state index contributed by atoms with van der Waals surface area (Å²) in [5.41, 5.74) is 0.635. The van der Waals surface area contributed by atoms with Gasteiger partial charge in [-0.15, -0.1) is 11.3 Å². The maximum Gasteiger partial charge on any atom is 0.263 e. The number of nitrogens with zero attached hydrogens (tertiary/aromatic N) is 2. The van der Waals surface area contributed by atoms with E-state index in [1.165, 1.54) is 16.2 Å². The van der Waals surface area contributed by atoms with Crippen molar-refractivity contribution >= 4 is 46.3 Å². The fourth-order valence-electron chi connectivity index (χ4n) is 3.22. The lowest BCUT2D eigenvalue weighted by Gasteiger charge is -2.32. The summed E-state index contributed by atoms with van der Waals surface area (Å²) >= 11 is 7.26. The quantitative estimate of drug-likeness (QED) is 0.807. The smallest absolute Gasteiger partial charge is 0.263 e. The van der Waals surface area contributed by atoms with Gasteiger partial charge in [0.15, 0.2) is 0 Å². The minimum absolute atomic E-state index is 0.0181. The van der Waals surface area contributed by atoms with Crippen LogP contribution in [0.2, 0.25) is 5.02 Å². The Labute approximate surface area is 173 Å². The van der Waals surface area contributed by atoms with Crippen molar-refractivity contribution in [2.45, 2.75) is 12.8 Å². The van der Waals surface area contributed by atoms with Gasteiger partial charge in [-0.3, -0.25) is 14.4 Å². The molecule has 8 heteroatoms. The maximum atomic E-state index is 12.7. The lowest BCUT2D eigenvalue weighted by Crippen LogP contribution is -2.44. The van der Waals surface area contributed by atoms with E-state index in [9.17, 15) is 14.4 Å². The number of halogens is 1. The second-order valence-electron chi connectivity index (χ2n) is 6.79.